The molecule has 0 aliphatic heterocycles. The molecule has 5 nitrogen and oxygen atoms in total. The molecule has 1 aliphatic rings. The number of rotatable bonds is 5. The van der Waals surface area contributed by atoms with E-state index in [9.17, 15) is 9.59 Å². The smallest absolute Gasteiger partial charge is 0.315 e. The van der Waals surface area contributed by atoms with E-state index in [4.69, 9.17) is 0 Å². The van der Waals surface area contributed by atoms with Crippen LogP contribution >= 0.6 is 15.9 Å². The molecule has 2 aromatic carbocycles. The van der Waals surface area contributed by atoms with Crippen molar-refractivity contribution >= 4 is 33.6 Å². The summed E-state index contributed by atoms with van der Waals surface area (Å²) in [6, 6.07) is 16.8. The normalized spacial score (nSPS) is 15.3. The minimum atomic E-state index is -0.853. The average Bonchev–Trinajstić information content (AvgIpc) is 3.12. The minimum Gasteiger partial charge on any atom is -0.334 e. The van der Waals surface area contributed by atoms with Gasteiger partial charge in [-0.1, -0.05) is 59.1 Å². The lowest BCUT2D eigenvalue weighted by atomic mass is 9.96. The van der Waals surface area contributed by atoms with Gasteiger partial charge in [0.1, 0.15) is 5.54 Å². The minimum absolute atomic E-state index is 0.160. The lowest BCUT2D eigenvalue weighted by Crippen LogP contribution is -2.57. The van der Waals surface area contributed by atoms with Gasteiger partial charge in [0.05, 0.1) is 0 Å². The number of carbonyl (C=O) groups is 2. The Morgan fingerprint density at radius 3 is 2.27 bits per heavy atom. The van der Waals surface area contributed by atoms with Crippen LogP contribution in [0.3, 0.4) is 0 Å². The number of carbonyl (C=O) groups excluding carboxylic acids is 2. The first-order valence-electron chi connectivity index (χ1n) is 8.74. The zero-order valence-electron chi connectivity index (χ0n) is 14.4. The second-order valence-corrected chi connectivity index (χ2v) is 7.46. The first kappa shape index (κ1) is 18.5. The molecule has 3 amide bonds. The summed E-state index contributed by atoms with van der Waals surface area (Å²) in [5.41, 5.74) is 0.881. The second-order valence-electron chi connectivity index (χ2n) is 6.54. The molecule has 0 radical (unpaired) electrons. The largest absolute Gasteiger partial charge is 0.334 e. The highest BCUT2D eigenvalue weighted by molar-refractivity contribution is 9.10. The fraction of sp³-hybridized carbons (Fsp3) is 0.300. The molecule has 26 heavy (non-hydrogen) atoms. The monoisotopic (exact) mass is 415 g/mol. The molecule has 1 aliphatic carbocycles. The van der Waals surface area contributed by atoms with E-state index in [1.165, 1.54) is 0 Å². The number of halogens is 1. The SMILES string of the molecule is O=C(NCc1ccccc1)NC1(C(=O)Nc2ccc(Br)cc2)CCCC1. The second kappa shape index (κ2) is 8.36. The van der Waals surface area contributed by atoms with Gasteiger partial charge in [-0.25, -0.2) is 4.79 Å². The zero-order chi connectivity index (χ0) is 18.4. The first-order chi connectivity index (χ1) is 12.6. The predicted octanol–water partition coefficient (Wildman–Crippen LogP) is 4.20. The van der Waals surface area contributed by atoms with Gasteiger partial charge < -0.3 is 16.0 Å². The lowest BCUT2D eigenvalue weighted by Gasteiger charge is -2.29. The van der Waals surface area contributed by atoms with E-state index in [0.29, 0.717) is 19.4 Å². The summed E-state index contributed by atoms with van der Waals surface area (Å²) >= 11 is 3.38. The van der Waals surface area contributed by atoms with E-state index in [1.54, 1.807) is 0 Å². The molecule has 3 N–H and O–H groups in total. The van der Waals surface area contributed by atoms with Crippen molar-refractivity contribution in [3.05, 3.63) is 64.6 Å². The van der Waals surface area contributed by atoms with E-state index in [2.05, 4.69) is 31.9 Å². The number of benzene rings is 2. The van der Waals surface area contributed by atoms with Crippen LogP contribution in [-0.4, -0.2) is 17.5 Å². The standard InChI is InChI=1S/C20H22BrN3O2/c21-16-8-10-17(11-9-16)23-18(25)20(12-4-5-13-20)24-19(26)22-14-15-6-2-1-3-7-15/h1-3,6-11H,4-5,12-14H2,(H,23,25)(H2,22,24,26). The van der Waals surface area contributed by atoms with Crippen molar-refractivity contribution in [1.82, 2.24) is 10.6 Å². The van der Waals surface area contributed by atoms with Crippen LogP contribution in [0.2, 0.25) is 0 Å². The predicted molar refractivity (Wildman–Crippen MR) is 106 cm³/mol. The molecule has 136 valence electrons. The average molecular weight is 416 g/mol. The topological polar surface area (TPSA) is 70.2 Å². The summed E-state index contributed by atoms with van der Waals surface area (Å²) in [5, 5.41) is 8.69. The molecule has 0 saturated heterocycles. The van der Waals surface area contributed by atoms with E-state index in [-0.39, 0.29) is 11.9 Å². The summed E-state index contributed by atoms with van der Waals surface area (Å²) in [6.07, 6.45) is 3.14. The van der Waals surface area contributed by atoms with Gasteiger partial charge in [-0.15, -0.1) is 0 Å². The quantitative estimate of drug-likeness (QED) is 0.684. The molecule has 0 unspecified atom stereocenters. The summed E-state index contributed by atoms with van der Waals surface area (Å²) in [5.74, 6) is -0.160. The Labute approximate surface area is 161 Å². The van der Waals surface area contributed by atoms with Gasteiger partial charge in [-0.2, -0.15) is 0 Å². The van der Waals surface area contributed by atoms with Crippen molar-refractivity contribution in [3.63, 3.8) is 0 Å². The number of amides is 3. The highest BCUT2D eigenvalue weighted by atomic mass is 79.9. The van der Waals surface area contributed by atoms with Crippen LogP contribution in [0.1, 0.15) is 31.2 Å². The van der Waals surface area contributed by atoms with Crippen LogP contribution in [0, 0.1) is 0 Å². The molecule has 1 fully saturated rings. The van der Waals surface area contributed by atoms with Crippen LogP contribution in [0.5, 0.6) is 0 Å². The molecule has 0 spiro atoms. The Bertz CT molecular complexity index is 756. The Hall–Kier alpha value is -2.34. The summed E-state index contributed by atoms with van der Waals surface area (Å²) < 4.78 is 0.949. The molecule has 0 aromatic heterocycles. The molecule has 2 aromatic rings. The van der Waals surface area contributed by atoms with E-state index in [1.807, 2.05) is 54.6 Å². The summed E-state index contributed by atoms with van der Waals surface area (Å²) in [7, 11) is 0. The molecule has 1 saturated carbocycles. The maximum Gasteiger partial charge on any atom is 0.315 e. The third-order valence-electron chi connectivity index (χ3n) is 4.64. The number of hydrogen-bond acceptors (Lipinski definition) is 2. The first-order valence-corrected chi connectivity index (χ1v) is 9.54. The number of hydrogen-bond donors (Lipinski definition) is 3. The van der Waals surface area contributed by atoms with Gasteiger partial charge in [0.15, 0.2) is 0 Å². The number of nitrogens with one attached hydrogen (secondary N) is 3. The van der Waals surface area contributed by atoms with Crippen molar-refractivity contribution in [1.29, 1.82) is 0 Å². The fourth-order valence-electron chi connectivity index (χ4n) is 3.21. The van der Waals surface area contributed by atoms with Crippen LogP contribution < -0.4 is 16.0 Å². The van der Waals surface area contributed by atoms with Crippen LogP contribution in [0.25, 0.3) is 0 Å². The highest BCUT2D eigenvalue weighted by Gasteiger charge is 2.42. The van der Waals surface area contributed by atoms with Gasteiger partial charge in [-0.3, -0.25) is 4.79 Å². The zero-order valence-corrected chi connectivity index (χ0v) is 16.0. The Morgan fingerprint density at radius 1 is 0.962 bits per heavy atom. The molecule has 0 heterocycles. The van der Waals surface area contributed by atoms with Crippen molar-refractivity contribution in [2.24, 2.45) is 0 Å². The number of anilines is 1. The summed E-state index contributed by atoms with van der Waals surface area (Å²) in [4.78, 5) is 25.2. The third kappa shape index (κ3) is 4.64. The molecule has 3 rings (SSSR count). The molecule has 0 atom stereocenters. The third-order valence-corrected chi connectivity index (χ3v) is 5.17. The number of urea groups is 1. The van der Waals surface area contributed by atoms with Gasteiger partial charge in [0, 0.05) is 16.7 Å². The van der Waals surface area contributed by atoms with E-state index < -0.39 is 5.54 Å². The molecular formula is C20H22BrN3O2. The Balaban J connectivity index is 1.62. The van der Waals surface area contributed by atoms with Crippen LogP contribution in [0.15, 0.2) is 59.1 Å². The fourth-order valence-corrected chi connectivity index (χ4v) is 3.48. The van der Waals surface area contributed by atoms with E-state index >= 15 is 0 Å². The van der Waals surface area contributed by atoms with Gasteiger partial charge in [0.25, 0.3) is 0 Å². The van der Waals surface area contributed by atoms with E-state index in [0.717, 1.165) is 28.6 Å². The summed E-state index contributed by atoms with van der Waals surface area (Å²) in [6.45, 7) is 0.428. The maximum absolute atomic E-state index is 12.9. The molecular weight excluding hydrogens is 394 g/mol. The van der Waals surface area contributed by atoms with Gasteiger partial charge in [-0.05, 0) is 42.7 Å². The molecule has 6 heteroatoms. The van der Waals surface area contributed by atoms with Crippen molar-refractivity contribution in [3.8, 4) is 0 Å². The van der Waals surface area contributed by atoms with Crippen molar-refractivity contribution in [2.75, 3.05) is 5.32 Å². The van der Waals surface area contributed by atoms with Crippen molar-refractivity contribution in [2.45, 2.75) is 37.8 Å². The van der Waals surface area contributed by atoms with Gasteiger partial charge >= 0.3 is 6.03 Å². The Kier molecular flexibility index (Phi) is 5.93. The highest BCUT2D eigenvalue weighted by Crippen LogP contribution is 2.31. The lowest BCUT2D eigenvalue weighted by molar-refractivity contribution is -0.121. The molecule has 0 bridgehead atoms. The van der Waals surface area contributed by atoms with Crippen LogP contribution in [-0.2, 0) is 11.3 Å². The van der Waals surface area contributed by atoms with Gasteiger partial charge in [0.2, 0.25) is 5.91 Å². The van der Waals surface area contributed by atoms with Crippen LogP contribution in [0.4, 0.5) is 10.5 Å². The Morgan fingerprint density at radius 2 is 1.62 bits per heavy atom. The van der Waals surface area contributed by atoms with Crippen molar-refractivity contribution < 1.29 is 9.59 Å². The maximum atomic E-state index is 12.9.